The quantitative estimate of drug-likeness (QED) is 0.346. The van der Waals surface area contributed by atoms with Gasteiger partial charge < -0.3 is 20.1 Å². The lowest BCUT2D eigenvalue weighted by atomic mass is 10.0. The summed E-state index contributed by atoms with van der Waals surface area (Å²) < 4.78 is 10.0. The second-order valence-corrected chi connectivity index (χ2v) is 9.45. The lowest BCUT2D eigenvalue weighted by molar-refractivity contribution is -0.118. The van der Waals surface area contributed by atoms with Gasteiger partial charge in [0.05, 0.1) is 30.5 Å². The minimum absolute atomic E-state index is 0.0847. The van der Waals surface area contributed by atoms with Crippen molar-refractivity contribution < 1.29 is 23.9 Å². The van der Waals surface area contributed by atoms with Gasteiger partial charge in [-0.05, 0) is 51.5 Å². The summed E-state index contributed by atoms with van der Waals surface area (Å²) in [5.74, 6) is -0.795. The smallest absolute Gasteiger partial charge is 0.411 e. The number of alkyl carbamates (subject to hydrolysis) is 1. The van der Waals surface area contributed by atoms with Crippen molar-refractivity contribution >= 4 is 41.1 Å². The molecule has 1 aromatic carbocycles. The molecule has 11 heteroatoms. The van der Waals surface area contributed by atoms with E-state index in [9.17, 15) is 14.4 Å². The van der Waals surface area contributed by atoms with Crippen LogP contribution in [0.2, 0.25) is 5.15 Å². The van der Waals surface area contributed by atoms with Crippen LogP contribution < -0.4 is 16.0 Å². The summed E-state index contributed by atoms with van der Waals surface area (Å²) in [6.07, 6.45) is 2.19. The number of methoxy groups -OCH3 is 1. The van der Waals surface area contributed by atoms with E-state index in [1.165, 1.54) is 13.2 Å². The Morgan fingerprint density at radius 3 is 2.41 bits per heavy atom. The Bertz CT molecular complexity index is 1180. The standard InChI is InChI=1S/C26H32ClN5O5/c1-8-10-19(30-25(35)37-26(4,5)6)18-14-21(31-32-22(18)27)17-12-11-16(28-24(34)36-7)13-20(17)29-23(33)15(3)9-2/h8-9,11-15,19H,1-2,10H2,3-7H3,(H,28,34)(H,29,33)(H,30,35)/t15?,19-/m0/s1. The van der Waals surface area contributed by atoms with Crippen molar-refractivity contribution in [1.29, 1.82) is 0 Å². The molecule has 10 nitrogen and oxygen atoms in total. The predicted molar refractivity (Wildman–Crippen MR) is 143 cm³/mol. The first-order chi connectivity index (χ1) is 17.4. The number of nitrogens with one attached hydrogen (secondary N) is 3. The van der Waals surface area contributed by atoms with Gasteiger partial charge in [0.15, 0.2) is 5.15 Å². The monoisotopic (exact) mass is 529 g/mol. The molecule has 0 saturated carbocycles. The van der Waals surface area contributed by atoms with Crippen LogP contribution in [0, 0.1) is 5.92 Å². The Hall–Kier alpha value is -3.92. The summed E-state index contributed by atoms with van der Waals surface area (Å²) in [5.41, 5.74) is 1.40. The molecule has 2 aromatic rings. The Kier molecular flexibility index (Phi) is 10.2. The third-order valence-corrected chi connectivity index (χ3v) is 5.29. The first-order valence-electron chi connectivity index (χ1n) is 11.4. The number of nitrogens with zero attached hydrogens (tertiary/aromatic N) is 2. The Morgan fingerprint density at radius 2 is 1.81 bits per heavy atom. The number of carbonyl (C=O) groups excluding carboxylic acids is 3. The van der Waals surface area contributed by atoms with Gasteiger partial charge in [-0.3, -0.25) is 10.1 Å². The molecule has 1 unspecified atom stereocenters. The van der Waals surface area contributed by atoms with Gasteiger partial charge in [0.1, 0.15) is 5.60 Å². The minimum Gasteiger partial charge on any atom is -0.453 e. The van der Waals surface area contributed by atoms with Gasteiger partial charge in [0.2, 0.25) is 5.91 Å². The molecular weight excluding hydrogens is 498 g/mol. The lowest BCUT2D eigenvalue weighted by Crippen LogP contribution is -2.35. The predicted octanol–water partition coefficient (Wildman–Crippen LogP) is 5.88. The van der Waals surface area contributed by atoms with E-state index >= 15 is 0 Å². The van der Waals surface area contributed by atoms with E-state index < -0.39 is 29.7 Å². The van der Waals surface area contributed by atoms with E-state index in [-0.39, 0.29) is 11.1 Å². The highest BCUT2D eigenvalue weighted by Gasteiger charge is 2.24. The van der Waals surface area contributed by atoms with Crippen LogP contribution in [0.15, 0.2) is 49.6 Å². The van der Waals surface area contributed by atoms with Crippen LogP contribution in [0.3, 0.4) is 0 Å². The fraction of sp³-hybridized carbons (Fsp3) is 0.346. The summed E-state index contributed by atoms with van der Waals surface area (Å²) in [6, 6.07) is 5.90. The third kappa shape index (κ3) is 8.60. The van der Waals surface area contributed by atoms with Gasteiger partial charge in [0.25, 0.3) is 0 Å². The number of amides is 3. The highest BCUT2D eigenvalue weighted by Crippen LogP contribution is 2.33. The van der Waals surface area contributed by atoms with Crippen LogP contribution in [0.1, 0.15) is 45.7 Å². The van der Waals surface area contributed by atoms with Crippen LogP contribution in [0.25, 0.3) is 11.3 Å². The maximum Gasteiger partial charge on any atom is 0.411 e. The second kappa shape index (κ2) is 12.9. The number of hydrogen-bond acceptors (Lipinski definition) is 7. The number of aromatic nitrogens is 2. The van der Waals surface area contributed by atoms with Crippen LogP contribution in [0.5, 0.6) is 0 Å². The molecular formula is C26H32ClN5O5. The van der Waals surface area contributed by atoms with E-state index in [1.54, 1.807) is 58.0 Å². The van der Waals surface area contributed by atoms with E-state index in [2.05, 4.69) is 44.0 Å². The molecule has 0 fully saturated rings. The average Bonchev–Trinajstić information content (AvgIpc) is 2.82. The highest BCUT2D eigenvalue weighted by molar-refractivity contribution is 6.30. The molecule has 198 valence electrons. The Morgan fingerprint density at radius 1 is 1.11 bits per heavy atom. The molecule has 0 spiro atoms. The highest BCUT2D eigenvalue weighted by atomic mass is 35.5. The summed E-state index contributed by atoms with van der Waals surface area (Å²) in [5, 5.41) is 16.5. The average molecular weight is 530 g/mol. The van der Waals surface area contributed by atoms with Gasteiger partial charge in [-0.25, -0.2) is 9.59 Å². The number of benzene rings is 1. The van der Waals surface area contributed by atoms with E-state index in [0.29, 0.717) is 34.6 Å². The van der Waals surface area contributed by atoms with E-state index in [1.807, 2.05) is 0 Å². The number of halogens is 1. The lowest BCUT2D eigenvalue weighted by Gasteiger charge is -2.24. The second-order valence-electron chi connectivity index (χ2n) is 9.09. The minimum atomic E-state index is -0.691. The molecule has 0 bridgehead atoms. The summed E-state index contributed by atoms with van der Waals surface area (Å²) >= 11 is 6.37. The number of carbonyl (C=O) groups is 3. The van der Waals surface area contributed by atoms with Crippen molar-refractivity contribution in [2.75, 3.05) is 17.7 Å². The van der Waals surface area contributed by atoms with Crippen molar-refractivity contribution in [2.45, 2.75) is 45.8 Å². The molecule has 1 heterocycles. The van der Waals surface area contributed by atoms with Crippen LogP contribution in [-0.4, -0.2) is 41.0 Å². The number of anilines is 2. The van der Waals surface area contributed by atoms with Gasteiger partial charge >= 0.3 is 12.2 Å². The summed E-state index contributed by atoms with van der Waals surface area (Å²) in [6.45, 7) is 14.4. The number of hydrogen-bond donors (Lipinski definition) is 3. The van der Waals surface area contributed by atoms with Gasteiger partial charge in [-0.1, -0.05) is 30.7 Å². The zero-order valence-electron chi connectivity index (χ0n) is 21.6. The maximum absolute atomic E-state index is 12.6. The molecule has 0 radical (unpaired) electrons. The van der Waals surface area contributed by atoms with Crippen LogP contribution in [-0.2, 0) is 14.3 Å². The Balaban J connectivity index is 2.54. The molecule has 0 aliphatic rings. The number of ether oxygens (including phenoxy) is 2. The zero-order chi connectivity index (χ0) is 27.8. The normalized spacial score (nSPS) is 12.5. The maximum atomic E-state index is 12.6. The van der Waals surface area contributed by atoms with Crippen molar-refractivity contribution in [3.8, 4) is 11.3 Å². The van der Waals surface area contributed by atoms with Crippen molar-refractivity contribution in [3.05, 3.63) is 60.3 Å². The molecule has 2 atom stereocenters. The molecule has 3 amide bonds. The molecule has 37 heavy (non-hydrogen) atoms. The topological polar surface area (TPSA) is 132 Å². The molecule has 0 aliphatic heterocycles. The van der Waals surface area contributed by atoms with E-state index in [4.69, 9.17) is 16.3 Å². The molecule has 2 rings (SSSR count). The third-order valence-electron chi connectivity index (χ3n) is 5.00. The molecule has 0 saturated heterocycles. The van der Waals surface area contributed by atoms with Crippen molar-refractivity contribution in [2.24, 2.45) is 5.92 Å². The van der Waals surface area contributed by atoms with Crippen molar-refractivity contribution in [1.82, 2.24) is 15.5 Å². The summed E-state index contributed by atoms with van der Waals surface area (Å²) in [4.78, 5) is 36.8. The molecule has 1 aromatic heterocycles. The van der Waals surface area contributed by atoms with E-state index in [0.717, 1.165) is 0 Å². The van der Waals surface area contributed by atoms with Gasteiger partial charge in [-0.15, -0.1) is 23.4 Å². The largest absolute Gasteiger partial charge is 0.453 e. The fourth-order valence-corrected chi connectivity index (χ4v) is 3.34. The van der Waals surface area contributed by atoms with Crippen LogP contribution >= 0.6 is 11.6 Å². The van der Waals surface area contributed by atoms with Gasteiger partial charge in [-0.2, -0.15) is 0 Å². The molecule has 0 aliphatic carbocycles. The first-order valence-corrected chi connectivity index (χ1v) is 11.8. The molecule has 3 N–H and O–H groups in total. The van der Waals surface area contributed by atoms with Gasteiger partial charge in [0, 0.05) is 16.8 Å². The van der Waals surface area contributed by atoms with Crippen LogP contribution in [0.4, 0.5) is 21.0 Å². The Labute approximate surface area is 221 Å². The summed E-state index contributed by atoms with van der Waals surface area (Å²) in [7, 11) is 1.24. The number of rotatable bonds is 9. The fourth-order valence-electron chi connectivity index (χ4n) is 3.12. The SMILES string of the molecule is C=CC[C@H](NC(=O)OC(C)(C)C)c1cc(-c2ccc(NC(=O)OC)cc2NC(=O)C(C)C=C)nnc1Cl. The first kappa shape index (κ1) is 29.3. The zero-order valence-corrected chi connectivity index (χ0v) is 22.3. The van der Waals surface area contributed by atoms with Crippen molar-refractivity contribution in [3.63, 3.8) is 0 Å².